The van der Waals surface area contributed by atoms with Gasteiger partial charge in [0.25, 0.3) is 0 Å². The fourth-order valence-electron chi connectivity index (χ4n) is 6.63. The summed E-state index contributed by atoms with van der Waals surface area (Å²) in [7, 11) is 0. The van der Waals surface area contributed by atoms with Crippen LogP contribution in [0.3, 0.4) is 0 Å². The lowest BCUT2D eigenvalue weighted by atomic mass is 9.91. The Hall–Kier alpha value is -4.31. The van der Waals surface area contributed by atoms with Crippen LogP contribution in [-0.4, -0.2) is 90.8 Å². The van der Waals surface area contributed by atoms with Gasteiger partial charge in [-0.15, -0.1) is 0 Å². The van der Waals surface area contributed by atoms with Crippen LogP contribution in [0.2, 0.25) is 0 Å². The average Bonchev–Trinajstić information content (AvgIpc) is 3.81. The molecule has 13 heteroatoms. The van der Waals surface area contributed by atoms with Crippen LogP contribution in [0.25, 0.3) is 11.2 Å². The van der Waals surface area contributed by atoms with E-state index >= 15 is 0 Å². The molecule has 0 amide bonds. The van der Waals surface area contributed by atoms with E-state index in [1.807, 2.05) is 91.0 Å². The number of hydrogen-bond donors (Lipinski definition) is 4. The summed E-state index contributed by atoms with van der Waals surface area (Å²) >= 11 is 0. The van der Waals surface area contributed by atoms with Gasteiger partial charge in [-0.25, -0.2) is 15.0 Å². The summed E-state index contributed by atoms with van der Waals surface area (Å²) in [5.74, 6) is 0.117. The second kappa shape index (κ2) is 14.7. The van der Waals surface area contributed by atoms with Gasteiger partial charge in [0.05, 0.1) is 39.4 Å². The molecule has 0 saturated carbocycles. The third kappa shape index (κ3) is 6.55. The highest BCUT2D eigenvalue weighted by molar-refractivity contribution is 5.81. The number of anilines is 1. The quantitative estimate of drug-likeness (QED) is 0.144. The molecule has 2 fully saturated rings. The van der Waals surface area contributed by atoms with E-state index in [9.17, 15) is 15.3 Å². The number of nitrogens with two attached hydrogens (primary N) is 1. The molecular formula is C36H39N5O8. The molecule has 2 saturated heterocycles. The standard InChI is InChI=1S/C36H39N5O8/c37-34-28-35(39-21-38-34)41(22-40-28)36(32(44)29(43)26(16-42)49-36)33-31(47-19-25-14-8-3-9-15-25)30(46-18-24-12-6-2-7-13-24)27(48-33)20-45-17-23-10-4-1-5-11-23/h1-15,21-22,26-27,29-33,42-44H,16-20H2,(H2,37,38,39)/t26-,27-,29-,30-,31+,32+,33-,36?/m1/s1. The Morgan fingerprint density at radius 3 is 1.94 bits per heavy atom. The number of ether oxygens (including phenoxy) is 5. The zero-order chi connectivity index (χ0) is 33.8. The zero-order valence-corrected chi connectivity index (χ0v) is 26.6. The molecule has 13 nitrogen and oxygen atoms in total. The maximum atomic E-state index is 12.0. The summed E-state index contributed by atoms with van der Waals surface area (Å²) in [6.45, 7) is 0.256. The van der Waals surface area contributed by atoms with Crippen LogP contribution in [-0.2, 0) is 49.2 Å². The predicted molar refractivity (Wildman–Crippen MR) is 176 cm³/mol. The lowest BCUT2D eigenvalue weighted by Gasteiger charge is -2.40. The highest BCUT2D eigenvalue weighted by Crippen LogP contribution is 2.47. The SMILES string of the molecule is Nc1ncnc2c1ncn2C1([C@@H]2O[C@H](COCc3ccccc3)[C@@H](OCc3ccccc3)[C@@H]2OCc2ccccc2)O[C@H](CO)[C@@H](O)[C@@H]1O. The molecule has 256 valence electrons. The van der Waals surface area contributed by atoms with E-state index in [0.717, 1.165) is 16.7 Å². The topological polar surface area (TPSA) is 176 Å². The molecule has 2 aliphatic heterocycles. The maximum absolute atomic E-state index is 12.0. The highest BCUT2D eigenvalue weighted by Gasteiger charge is 2.67. The molecule has 5 aromatic rings. The van der Waals surface area contributed by atoms with E-state index in [1.165, 1.54) is 17.2 Å². The highest BCUT2D eigenvalue weighted by atomic mass is 16.7. The second-order valence-corrected chi connectivity index (χ2v) is 12.2. The van der Waals surface area contributed by atoms with Gasteiger partial charge in [-0.1, -0.05) is 91.0 Å². The van der Waals surface area contributed by atoms with Crippen LogP contribution in [0.15, 0.2) is 104 Å². The first-order valence-electron chi connectivity index (χ1n) is 16.2. The molecule has 5 N–H and O–H groups in total. The lowest BCUT2D eigenvalue weighted by Crippen LogP contribution is -2.58. The van der Waals surface area contributed by atoms with Crippen molar-refractivity contribution >= 4 is 17.0 Å². The number of rotatable bonds is 13. The van der Waals surface area contributed by atoms with Crippen molar-refractivity contribution in [3.8, 4) is 0 Å². The number of fused-ring (bicyclic) bond motifs is 1. The van der Waals surface area contributed by atoms with Crippen LogP contribution in [0.5, 0.6) is 0 Å². The molecule has 49 heavy (non-hydrogen) atoms. The Kier molecular flexibility index (Phi) is 9.93. The van der Waals surface area contributed by atoms with Crippen molar-refractivity contribution < 1.29 is 39.0 Å². The normalized spacial score (nSPS) is 28.3. The molecule has 0 radical (unpaired) electrons. The molecular weight excluding hydrogens is 630 g/mol. The van der Waals surface area contributed by atoms with Crippen molar-refractivity contribution in [1.29, 1.82) is 0 Å². The molecule has 7 rings (SSSR count). The molecule has 1 unspecified atom stereocenters. The van der Waals surface area contributed by atoms with E-state index < -0.39 is 55.1 Å². The molecule has 8 atom stereocenters. The van der Waals surface area contributed by atoms with Crippen LogP contribution < -0.4 is 5.73 Å². The van der Waals surface area contributed by atoms with Gasteiger partial charge in [-0.2, -0.15) is 0 Å². The molecule has 4 heterocycles. The molecule has 2 aliphatic rings. The van der Waals surface area contributed by atoms with Crippen LogP contribution in [0, 0.1) is 0 Å². The first kappa shape index (κ1) is 33.2. The second-order valence-electron chi connectivity index (χ2n) is 12.2. The minimum absolute atomic E-state index is 0.105. The predicted octanol–water partition coefficient (Wildman–Crippen LogP) is 2.33. The third-order valence-corrected chi connectivity index (χ3v) is 9.07. The first-order chi connectivity index (χ1) is 24.0. The van der Waals surface area contributed by atoms with Gasteiger partial charge in [-0.05, 0) is 16.7 Å². The smallest absolute Gasteiger partial charge is 0.205 e. The van der Waals surface area contributed by atoms with Gasteiger partial charge in [-0.3, -0.25) is 4.57 Å². The number of aromatic nitrogens is 4. The van der Waals surface area contributed by atoms with E-state index in [2.05, 4.69) is 15.0 Å². The number of aliphatic hydroxyl groups excluding tert-OH is 3. The number of hydrogen-bond acceptors (Lipinski definition) is 12. The van der Waals surface area contributed by atoms with Crippen LogP contribution in [0.4, 0.5) is 5.82 Å². The molecule has 2 aromatic heterocycles. The fourth-order valence-corrected chi connectivity index (χ4v) is 6.63. The number of nitrogen functional groups attached to an aromatic ring is 1. The summed E-state index contributed by atoms with van der Waals surface area (Å²) in [5.41, 5.74) is 7.55. The Labute approximate surface area is 282 Å². The summed E-state index contributed by atoms with van der Waals surface area (Å²) < 4.78 is 34.3. The zero-order valence-electron chi connectivity index (χ0n) is 26.6. The minimum Gasteiger partial charge on any atom is -0.394 e. The minimum atomic E-state index is -1.91. The largest absolute Gasteiger partial charge is 0.394 e. The monoisotopic (exact) mass is 669 g/mol. The maximum Gasteiger partial charge on any atom is 0.205 e. The molecule has 3 aromatic carbocycles. The Morgan fingerprint density at radius 2 is 1.35 bits per heavy atom. The van der Waals surface area contributed by atoms with Crippen molar-refractivity contribution in [2.45, 2.75) is 68.3 Å². The average molecular weight is 670 g/mol. The summed E-state index contributed by atoms with van der Waals surface area (Å²) in [4.78, 5) is 12.9. The Morgan fingerprint density at radius 1 is 0.755 bits per heavy atom. The van der Waals surface area contributed by atoms with Gasteiger partial charge in [0.2, 0.25) is 5.72 Å². The van der Waals surface area contributed by atoms with Crippen molar-refractivity contribution in [2.24, 2.45) is 0 Å². The van der Waals surface area contributed by atoms with Gasteiger partial charge in [0, 0.05) is 0 Å². The van der Waals surface area contributed by atoms with Crippen molar-refractivity contribution in [3.05, 3.63) is 120 Å². The number of aliphatic hydroxyl groups is 3. The molecule has 0 aliphatic carbocycles. The fraction of sp³-hybridized carbons (Fsp3) is 0.361. The van der Waals surface area contributed by atoms with Crippen LogP contribution in [0.1, 0.15) is 16.7 Å². The molecule has 0 spiro atoms. The van der Waals surface area contributed by atoms with Crippen molar-refractivity contribution in [3.63, 3.8) is 0 Å². The van der Waals surface area contributed by atoms with Gasteiger partial charge < -0.3 is 44.7 Å². The number of nitrogens with zero attached hydrogens (tertiary/aromatic N) is 4. The van der Waals surface area contributed by atoms with Crippen molar-refractivity contribution in [2.75, 3.05) is 18.9 Å². The lowest BCUT2D eigenvalue weighted by molar-refractivity contribution is -0.237. The Balaban J connectivity index is 1.31. The van der Waals surface area contributed by atoms with E-state index in [1.54, 1.807) is 0 Å². The summed E-state index contributed by atoms with van der Waals surface area (Å²) in [6.07, 6.45) is -5.13. The van der Waals surface area contributed by atoms with Crippen molar-refractivity contribution in [1.82, 2.24) is 19.5 Å². The Bertz CT molecular complexity index is 1800. The van der Waals surface area contributed by atoms with Crippen LogP contribution >= 0.6 is 0 Å². The number of imidazole rings is 1. The number of benzene rings is 3. The molecule has 0 bridgehead atoms. The van der Waals surface area contributed by atoms with E-state index in [0.29, 0.717) is 6.61 Å². The third-order valence-electron chi connectivity index (χ3n) is 9.07. The van der Waals surface area contributed by atoms with E-state index in [4.69, 9.17) is 29.4 Å². The first-order valence-corrected chi connectivity index (χ1v) is 16.2. The summed E-state index contributed by atoms with van der Waals surface area (Å²) in [5, 5.41) is 33.5. The van der Waals surface area contributed by atoms with Gasteiger partial charge in [0.1, 0.15) is 54.6 Å². The summed E-state index contributed by atoms with van der Waals surface area (Å²) in [6, 6.07) is 29.1. The van der Waals surface area contributed by atoms with E-state index in [-0.39, 0.29) is 36.8 Å². The van der Waals surface area contributed by atoms with Gasteiger partial charge in [0.15, 0.2) is 11.5 Å². The van der Waals surface area contributed by atoms with Gasteiger partial charge >= 0.3 is 0 Å².